The molecule has 0 saturated heterocycles. The highest BCUT2D eigenvalue weighted by molar-refractivity contribution is 7.98. The van der Waals surface area contributed by atoms with E-state index in [0.29, 0.717) is 70.5 Å². The van der Waals surface area contributed by atoms with Gasteiger partial charge in [0.2, 0.25) is 0 Å². The summed E-state index contributed by atoms with van der Waals surface area (Å²) in [6, 6.07) is 7.19. The standard InChI is InChI=1S/C22H24ClN7O3S/c1-13-17(18(29-33-13)14-6-4-5-7-16(14)23)21(31)25-8-10-30-20-15(12-26-30)19(24-9-11-32-2)27-22(28-20)34-3/h4-7,12H,8-11H2,1-3H3,(H,25,31)(H,24,27,28). The van der Waals surface area contributed by atoms with Gasteiger partial charge in [-0.05, 0) is 19.2 Å². The number of rotatable bonds is 10. The Morgan fingerprint density at radius 3 is 2.85 bits per heavy atom. The number of ether oxygens (including phenoxy) is 1. The van der Waals surface area contributed by atoms with Crippen LogP contribution in [0, 0.1) is 6.92 Å². The van der Waals surface area contributed by atoms with Gasteiger partial charge in [-0.2, -0.15) is 5.10 Å². The van der Waals surface area contributed by atoms with E-state index < -0.39 is 0 Å². The first-order valence-corrected chi connectivity index (χ1v) is 12.1. The van der Waals surface area contributed by atoms with Crippen LogP contribution in [-0.4, -0.2) is 63.9 Å². The average Bonchev–Trinajstić information content (AvgIpc) is 3.43. The van der Waals surface area contributed by atoms with Crippen LogP contribution in [0.3, 0.4) is 0 Å². The van der Waals surface area contributed by atoms with Crippen LogP contribution in [0.25, 0.3) is 22.3 Å². The molecule has 0 unspecified atom stereocenters. The second-order valence-electron chi connectivity index (χ2n) is 7.28. The molecule has 0 aliphatic rings. The van der Waals surface area contributed by atoms with Crippen molar-refractivity contribution in [3.8, 4) is 11.3 Å². The number of hydrogen-bond donors (Lipinski definition) is 2. The van der Waals surface area contributed by atoms with Crippen LogP contribution < -0.4 is 10.6 Å². The minimum absolute atomic E-state index is 0.300. The normalized spacial score (nSPS) is 11.2. The Labute approximate surface area is 205 Å². The van der Waals surface area contributed by atoms with E-state index in [0.717, 1.165) is 5.39 Å². The molecule has 4 rings (SSSR count). The number of halogens is 1. The van der Waals surface area contributed by atoms with Gasteiger partial charge in [0.25, 0.3) is 5.91 Å². The Morgan fingerprint density at radius 1 is 1.26 bits per heavy atom. The van der Waals surface area contributed by atoms with Crippen LogP contribution in [0.1, 0.15) is 16.1 Å². The SMILES string of the molecule is COCCNc1nc(SC)nc2c1cnn2CCNC(=O)c1c(-c2ccccc2Cl)noc1C. The van der Waals surface area contributed by atoms with Crippen molar-refractivity contribution in [2.45, 2.75) is 18.6 Å². The number of nitrogens with one attached hydrogen (secondary N) is 2. The number of thioether (sulfide) groups is 1. The number of nitrogens with zero attached hydrogens (tertiary/aromatic N) is 5. The Kier molecular flexibility index (Phi) is 7.66. The molecule has 12 heteroatoms. The number of aryl methyl sites for hydroxylation is 1. The van der Waals surface area contributed by atoms with Gasteiger partial charge in [-0.25, -0.2) is 14.6 Å². The molecule has 0 bridgehead atoms. The first-order chi connectivity index (χ1) is 16.5. The molecule has 3 heterocycles. The van der Waals surface area contributed by atoms with Crippen LogP contribution in [0.15, 0.2) is 40.1 Å². The van der Waals surface area contributed by atoms with Crippen molar-refractivity contribution in [2.24, 2.45) is 0 Å². The summed E-state index contributed by atoms with van der Waals surface area (Å²) in [5, 5.41) is 16.6. The average molecular weight is 502 g/mol. The maximum atomic E-state index is 13.0. The third-order valence-corrected chi connectivity index (χ3v) is 5.96. The molecule has 1 aromatic carbocycles. The summed E-state index contributed by atoms with van der Waals surface area (Å²) in [4.78, 5) is 22.1. The maximum absolute atomic E-state index is 13.0. The summed E-state index contributed by atoms with van der Waals surface area (Å²) in [5.74, 6) is 0.818. The fourth-order valence-electron chi connectivity index (χ4n) is 3.44. The molecule has 1 amide bonds. The maximum Gasteiger partial charge on any atom is 0.257 e. The van der Waals surface area contributed by atoms with Crippen LogP contribution >= 0.6 is 23.4 Å². The second kappa shape index (κ2) is 10.9. The quantitative estimate of drug-likeness (QED) is 0.190. The van der Waals surface area contributed by atoms with E-state index in [1.165, 1.54) is 11.8 Å². The molecule has 0 fully saturated rings. The minimum Gasteiger partial charge on any atom is -0.383 e. The highest BCUT2D eigenvalue weighted by Gasteiger charge is 2.23. The first-order valence-electron chi connectivity index (χ1n) is 10.5. The van der Waals surface area contributed by atoms with Gasteiger partial charge in [-0.15, -0.1) is 0 Å². The van der Waals surface area contributed by atoms with Gasteiger partial charge in [-0.1, -0.05) is 46.7 Å². The predicted molar refractivity (Wildman–Crippen MR) is 131 cm³/mol. The highest BCUT2D eigenvalue weighted by Crippen LogP contribution is 2.31. The molecule has 0 spiro atoms. The van der Waals surface area contributed by atoms with E-state index in [-0.39, 0.29) is 5.91 Å². The third-order valence-electron chi connectivity index (χ3n) is 5.08. The Balaban J connectivity index is 1.50. The number of aromatic nitrogens is 5. The third kappa shape index (κ3) is 5.01. The van der Waals surface area contributed by atoms with Crippen molar-refractivity contribution in [3.05, 3.63) is 46.8 Å². The molecule has 0 saturated carbocycles. The summed E-state index contributed by atoms with van der Waals surface area (Å²) in [7, 11) is 1.65. The molecule has 0 aliphatic carbocycles. The summed E-state index contributed by atoms with van der Waals surface area (Å²) in [6.07, 6.45) is 3.63. The van der Waals surface area contributed by atoms with Gasteiger partial charge < -0.3 is 19.9 Å². The summed E-state index contributed by atoms with van der Waals surface area (Å²) in [6.45, 7) is 3.61. The van der Waals surface area contributed by atoms with E-state index in [1.54, 1.807) is 37.0 Å². The molecule has 10 nitrogen and oxygen atoms in total. The van der Waals surface area contributed by atoms with Crippen molar-refractivity contribution in [1.29, 1.82) is 0 Å². The highest BCUT2D eigenvalue weighted by atomic mass is 35.5. The predicted octanol–water partition coefficient (Wildman–Crippen LogP) is 3.65. The number of anilines is 1. The van der Waals surface area contributed by atoms with E-state index in [2.05, 4.69) is 30.9 Å². The Hall–Kier alpha value is -3.15. The van der Waals surface area contributed by atoms with Gasteiger partial charge in [0.15, 0.2) is 10.8 Å². The lowest BCUT2D eigenvalue weighted by Crippen LogP contribution is -2.28. The number of carbonyl (C=O) groups excluding carboxylic acids is 1. The first kappa shape index (κ1) is 24.0. The van der Waals surface area contributed by atoms with Gasteiger partial charge in [0.1, 0.15) is 22.8 Å². The van der Waals surface area contributed by atoms with Crippen molar-refractivity contribution in [3.63, 3.8) is 0 Å². The lowest BCUT2D eigenvalue weighted by atomic mass is 10.1. The molecular weight excluding hydrogens is 478 g/mol. The number of hydrogen-bond acceptors (Lipinski definition) is 9. The molecule has 2 N–H and O–H groups in total. The van der Waals surface area contributed by atoms with Gasteiger partial charge in [0, 0.05) is 25.8 Å². The van der Waals surface area contributed by atoms with E-state index in [9.17, 15) is 4.79 Å². The number of amides is 1. The smallest absolute Gasteiger partial charge is 0.257 e. The minimum atomic E-state index is -0.300. The van der Waals surface area contributed by atoms with Crippen molar-refractivity contribution in [1.82, 2.24) is 30.2 Å². The Morgan fingerprint density at radius 2 is 2.09 bits per heavy atom. The summed E-state index contributed by atoms with van der Waals surface area (Å²) < 4.78 is 12.1. The molecule has 0 radical (unpaired) electrons. The van der Waals surface area contributed by atoms with Gasteiger partial charge in [-0.3, -0.25) is 4.79 Å². The number of benzene rings is 1. The zero-order chi connectivity index (χ0) is 24.1. The number of methoxy groups -OCH3 is 1. The molecule has 0 aliphatic heterocycles. The van der Waals surface area contributed by atoms with Crippen LogP contribution in [0.5, 0.6) is 0 Å². The van der Waals surface area contributed by atoms with Crippen LogP contribution in [0.2, 0.25) is 5.02 Å². The Bertz CT molecular complexity index is 1310. The zero-order valence-electron chi connectivity index (χ0n) is 19.0. The topological polar surface area (TPSA) is 120 Å². The fraction of sp³-hybridized carbons (Fsp3) is 0.318. The van der Waals surface area contributed by atoms with Gasteiger partial charge >= 0.3 is 0 Å². The van der Waals surface area contributed by atoms with Gasteiger partial charge in [0.05, 0.1) is 29.8 Å². The van der Waals surface area contributed by atoms with E-state index >= 15 is 0 Å². The van der Waals surface area contributed by atoms with Crippen molar-refractivity contribution in [2.75, 3.05) is 38.4 Å². The molecule has 0 atom stereocenters. The summed E-state index contributed by atoms with van der Waals surface area (Å²) in [5.41, 5.74) is 2.09. The lowest BCUT2D eigenvalue weighted by Gasteiger charge is -2.09. The largest absolute Gasteiger partial charge is 0.383 e. The molecular formula is C22H24ClN7O3S. The number of carbonyl (C=O) groups is 1. The fourth-order valence-corrected chi connectivity index (χ4v) is 4.02. The molecule has 34 heavy (non-hydrogen) atoms. The molecule has 178 valence electrons. The monoisotopic (exact) mass is 501 g/mol. The molecule has 4 aromatic rings. The second-order valence-corrected chi connectivity index (χ2v) is 8.46. The van der Waals surface area contributed by atoms with Crippen molar-refractivity contribution < 1.29 is 14.1 Å². The van der Waals surface area contributed by atoms with E-state index in [1.807, 2.05) is 18.4 Å². The van der Waals surface area contributed by atoms with Crippen LogP contribution in [0.4, 0.5) is 5.82 Å². The number of fused-ring (bicyclic) bond motifs is 1. The van der Waals surface area contributed by atoms with Crippen LogP contribution in [-0.2, 0) is 11.3 Å². The zero-order valence-corrected chi connectivity index (χ0v) is 20.5. The molecule has 3 aromatic heterocycles. The van der Waals surface area contributed by atoms with Crippen molar-refractivity contribution >= 4 is 46.1 Å². The lowest BCUT2D eigenvalue weighted by molar-refractivity contribution is 0.0951. The summed E-state index contributed by atoms with van der Waals surface area (Å²) >= 11 is 7.74. The van der Waals surface area contributed by atoms with E-state index in [4.69, 9.17) is 20.9 Å².